The van der Waals surface area contributed by atoms with Gasteiger partial charge in [-0.2, -0.15) is 11.8 Å². The van der Waals surface area contributed by atoms with Gasteiger partial charge in [-0.3, -0.25) is 9.59 Å². The van der Waals surface area contributed by atoms with E-state index in [4.69, 9.17) is 11.6 Å². The average molecular weight is 288 g/mol. The Morgan fingerprint density at radius 2 is 2.11 bits per heavy atom. The lowest BCUT2D eigenvalue weighted by Gasteiger charge is -2.16. The molecule has 1 aliphatic rings. The van der Waals surface area contributed by atoms with Crippen LogP contribution in [-0.2, 0) is 4.79 Å². The molecule has 0 spiro atoms. The molecule has 1 heterocycles. The SMILES string of the molecule is CSCCCN1C(=O)C(=O)c2cc(Cl)c(F)cc21. The van der Waals surface area contributed by atoms with Crippen LogP contribution in [0.2, 0.25) is 5.02 Å². The third kappa shape index (κ3) is 2.24. The van der Waals surface area contributed by atoms with E-state index < -0.39 is 17.5 Å². The number of anilines is 1. The number of halogens is 2. The summed E-state index contributed by atoms with van der Waals surface area (Å²) in [5.74, 6) is -0.958. The molecule has 3 nitrogen and oxygen atoms in total. The molecular weight excluding hydrogens is 277 g/mol. The molecule has 1 aromatic rings. The van der Waals surface area contributed by atoms with Crippen LogP contribution in [0.15, 0.2) is 12.1 Å². The number of carbonyl (C=O) groups is 2. The molecule has 0 radical (unpaired) electrons. The molecule has 0 aliphatic carbocycles. The second-order valence-corrected chi connectivity index (χ2v) is 5.31. The van der Waals surface area contributed by atoms with E-state index in [9.17, 15) is 14.0 Å². The smallest absolute Gasteiger partial charge is 0.299 e. The third-order valence-corrected chi connectivity index (χ3v) is 3.73. The minimum absolute atomic E-state index is 0.138. The maximum Gasteiger partial charge on any atom is 0.299 e. The summed E-state index contributed by atoms with van der Waals surface area (Å²) in [4.78, 5) is 24.8. The van der Waals surface area contributed by atoms with Gasteiger partial charge in [0.25, 0.3) is 11.7 Å². The number of hydrogen-bond acceptors (Lipinski definition) is 3. The number of rotatable bonds is 4. The Morgan fingerprint density at radius 1 is 1.39 bits per heavy atom. The van der Waals surface area contributed by atoms with E-state index in [1.165, 1.54) is 11.0 Å². The van der Waals surface area contributed by atoms with Gasteiger partial charge < -0.3 is 4.90 Å². The molecule has 1 aromatic carbocycles. The average Bonchev–Trinajstić information content (AvgIpc) is 2.56. The first kappa shape index (κ1) is 13.4. The molecule has 0 aromatic heterocycles. The zero-order valence-corrected chi connectivity index (χ0v) is 11.3. The van der Waals surface area contributed by atoms with Crippen molar-refractivity contribution in [3.8, 4) is 0 Å². The number of ketones is 1. The number of benzene rings is 1. The number of thioether (sulfide) groups is 1. The van der Waals surface area contributed by atoms with Gasteiger partial charge in [-0.05, 0) is 30.6 Å². The largest absolute Gasteiger partial charge is 0.305 e. The highest BCUT2D eigenvalue weighted by Gasteiger charge is 2.36. The van der Waals surface area contributed by atoms with E-state index in [-0.39, 0.29) is 10.6 Å². The molecule has 18 heavy (non-hydrogen) atoms. The van der Waals surface area contributed by atoms with Crippen molar-refractivity contribution in [2.24, 2.45) is 0 Å². The molecule has 0 unspecified atom stereocenters. The summed E-state index contributed by atoms with van der Waals surface area (Å²) in [7, 11) is 0. The number of hydrogen-bond donors (Lipinski definition) is 0. The molecule has 1 amide bonds. The van der Waals surface area contributed by atoms with Crippen molar-refractivity contribution in [3.63, 3.8) is 0 Å². The predicted molar refractivity (Wildman–Crippen MR) is 71.1 cm³/mol. The van der Waals surface area contributed by atoms with Gasteiger partial charge in [0.2, 0.25) is 0 Å². The van der Waals surface area contributed by atoms with Crippen LogP contribution in [0.4, 0.5) is 10.1 Å². The van der Waals surface area contributed by atoms with E-state index in [2.05, 4.69) is 0 Å². The number of nitrogens with zero attached hydrogens (tertiary/aromatic N) is 1. The topological polar surface area (TPSA) is 37.4 Å². The second-order valence-electron chi connectivity index (χ2n) is 3.92. The molecular formula is C12H11ClFNO2S. The zero-order valence-electron chi connectivity index (χ0n) is 9.70. The Morgan fingerprint density at radius 3 is 2.78 bits per heavy atom. The minimum atomic E-state index is -0.618. The van der Waals surface area contributed by atoms with E-state index in [1.54, 1.807) is 11.8 Å². The highest BCUT2D eigenvalue weighted by molar-refractivity contribution is 7.98. The van der Waals surface area contributed by atoms with Crippen molar-refractivity contribution in [2.45, 2.75) is 6.42 Å². The zero-order chi connectivity index (χ0) is 13.3. The van der Waals surface area contributed by atoms with Crippen LogP contribution in [0.1, 0.15) is 16.8 Å². The number of amides is 1. The molecule has 0 atom stereocenters. The predicted octanol–water partition coefficient (Wildman–Crippen LogP) is 2.76. The van der Waals surface area contributed by atoms with Crippen LogP contribution < -0.4 is 4.90 Å². The summed E-state index contributed by atoms with van der Waals surface area (Å²) < 4.78 is 13.4. The van der Waals surface area contributed by atoms with Crippen LogP contribution >= 0.6 is 23.4 Å². The normalized spacial score (nSPS) is 14.3. The van der Waals surface area contributed by atoms with Gasteiger partial charge in [0, 0.05) is 6.54 Å². The van der Waals surface area contributed by atoms with Gasteiger partial charge in [0.05, 0.1) is 16.3 Å². The molecule has 6 heteroatoms. The standard InChI is InChI=1S/C12H11ClFNO2S/c1-18-4-2-3-15-10-6-9(14)8(13)5-7(10)11(16)12(15)17/h5-6H,2-4H2,1H3. The van der Waals surface area contributed by atoms with E-state index in [0.29, 0.717) is 12.2 Å². The van der Waals surface area contributed by atoms with Crippen molar-refractivity contribution in [3.05, 3.63) is 28.5 Å². The van der Waals surface area contributed by atoms with Crippen LogP contribution in [-0.4, -0.2) is 30.2 Å². The van der Waals surface area contributed by atoms with Gasteiger partial charge in [-0.1, -0.05) is 11.6 Å². The summed E-state index contributed by atoms with van der Waals surface area (Å²) >= 11 is 7.28. The van der Waals surface area contributed by atoms with E-state index in [1.807, 2.05) is 6.26 Å². The van der Waals surface area contributed by atoms with Gasteiger partial charge >= 0.3 is 0 Å². The molecule has 0 fully saturated rings. The van der Waals surface area contributed by atoms with Crippen molar-refractivity contribution < 1.29 is 14.0 Å². The fraction of sp³-hybridized carbons (Fsp3) is 0.333. The molecule has 0 saturated carbocycles. The molecule has 0 bridgehead atoms. The van der Waals surface area contributed by atoms with Crippen molar-refractivity contribution in [1.29, 1.82) is 0 Å². The van der Waals surface area contributed by atoms with Crippen molar-refractivity contribution >= 4 is 40.7 Å². The number of fused-ring (bicyclic) bond motifs is 1. The van der Waals surface area contributed by atoms with Crippen molar-refractivity contribution in [1.82, 2.24) is 0 Å². The molecule has 96 valence electrons. The molecule has 0 N–H and O–H groups in total. The summed E-state index contributed by atoms with van der Waals surface area (Å²) in [6.07, 6.45) is 2.72. The quantitative estimate of drug-likeness (QED) is 0.631. The summed E-state index contributed by atoms with van der Waals surface area (Å²) in [5, 5.41) is -0.138. The lowest BCUT2D eigenvalue weighted by Crippen LogP contribution is -2.30. The minimum Gasteiger partial charge on any atom is -0.305 e. The van der Waals surface area contributed by atoms with E-state index >= 15 is 0 Å². The fourth-order valence-corrected chi connectivity index (χ4v) is 2.46. The maximum absolute atomic E-state index is 13.4. The fourth-order valence-electron chi connectivity index (χ4n) is 1.88. The summed E-state index contributed by atoms with van der Waals surface area (Å²) in [6, 6.07) is 2.38. The van der Waals surface area contributed by atoms with Crippen LogP contribution in [0.25, 0.3) is 0 Å². The highest BCUT2D eigenvalue weighted by atomic mass is 35.5. The lowest BCUT2D eigenvalue weighted by molar-refractivity contribution is -0.114. The highest BCUT2D eigenvalue weighted by Crippen LogP contribution is 2.33. The molecule has 0 saturated heterocycles. The van der Waals surface area contributed by atoms with Crippen molar-refractivity contribution in [2.75, 3.05) is 23.5 Å². The van der Waals surface area contributed by atoms with Gasteiger partial charge in [0.1, 0.15) is 5.82 Å². The maximum atomic E-state index is 13.4. The van der Waals surface area contributed by atoms with Gasteiger partial charge in [0.15, 0.2) is 0 Å². The Kier molecular flexibility index (Phi) is 3.92. The van der Waals surface area contributed by atoms with Crippen LogP contribution in [0, 0.1) is 5.82 Å². The van der Waals surface area contributed by atoms with Crippen LogP contribution in [0.3, 0.4) is 0 Å². The molecule has 1 aliphatic heterocycles. The first-order valence-corrected chi connectivity index (χ1v) is 7.17. The van der Waals surface area contributed by atoms with Crippen LogP contribution in [0.5, 0.6) is 0 Å². The van der Waals surface area contributed by atoms with Gasteiger partial charge in [-0.15, -0.1) is 0 Å². The Bertz CT molecular complexity index is 521. The third-order valence-electron chi connectivity index (χ3n) is 2.74. The first-order chi connectivity index (χ1) is 8.56. The summed E-state index contributed by atoms with van der Waals surface area (Å²) in [6.45, 7) is 0.416. The van der Waals surface area contributed by atoms with Gasteiger partial charge in [-0.25, -0.2) is 4.39 Å². The monoisotopic (exact) mass is 287 g/mol. The Hall–Kier alpha value is -1.07. The molecule has 2 rings (SSSR count). The summed E-state index contributed by atoms with van der Waals surface area (Å²) in [5.41, 5.74) is 0.517. The van der Waals surface area contributed by atoms with E-state index in [0.717, 1.165) is 18.2 Å². The Balaban J connectivity index is 2.33. The Labute approximate surface area is 113 Å². The number of carbonyl (C=O) groups excluding carboxylic acids is 2. The number of Topliss-reactive ketones (excluding diaryl/α,β-unsaturated/α-hetero) is 1. The lowest BCUT2D eigenvalue weighted by atomic mass is 10.1. The second kappa shape index (κ2) is 5.28. The first-order valence-electron chi connectivity index (χ1n) is 5.40.